The van der Waals surface area contributed by atoms with Gasteiger partial charge in [-0.05, 0) is 40.0 Å². The van der Waals surface area contributed by atoms with Crippen LogP contribution in [0.25, 0.3) is 0 Å². The summed E-state index contributed by atoms with van der Waals surface area (Å²) in [6, 6.07) is 7.34. The van der Waals surface area contributed by atoms with E-state index in [1.54, 1.807) is 6.07 Å². The number of nitrogen functional groups attached to an aromatic ring is 1. The van der Waals surface area contributed by atoms with E-state index in [1.807, 2.05) is 29.9 Å². The molecule has 5 heteroatoms. The molecule has 4 nitrogen and oxygen atoms in total. The molecule has 1 aromatic carbocycles. The maximum Gasteiger partial charge on any atom is 0.0846 e. The van der Waals surface area contributed by atoms with Crippen molar-refractivity contribution in [2.75, 3.05) is 5.73 Å². The fourth-order valence-electron chi connectivity index (χ4n) is 2.11. The second-order valence-corrected chi connectivity index (χ2v) is 5.37. The number of hydrogen-bond donors (Lipinski definition) is 2. The molecule has 0 bridgehead atoms. The summed E-state index contributed by atoms with van der Waals surface area (Å²) in [5.74, 6) is 0. The van der Waals surface area contributed by atoms with E-state index < -0.39 is 6.10 Å². The summed E-state index contributed by atoms with van der Waals surface area (Å²) >= 11 is 3.56. The zero-order chi connectivity index (χ0) is 14.0. The quantitative estimate of drug-likeness (QED) is 0.850. The number of hydrogen-bond acceptors (Lipinski definition) is 3. The second-order valence-electron chi connectivity index (χ2n) is 4.57. The van der Waals surface area contributed by atoms with Gasteiger partial charge in [-0.15, -0.1) is 0 Å². The van der Waals surface area contributed by atoms with Crippen LogP contribution in [0.1, 0.15) is 30.0 Å². The van der Waals surface area contributed by atoms with E-state index in [4.69, 9.17) is 5.73 Å². The van der Waals surface area contributed by atoms with E-state index in [9.17, 15) is 5.11 Å². The number of aromatic nitrogens is 2. The normalized spacial score (nSPS) is 12.6. The highest BCUT2D eigenvalue weighted by molar-refractivity contribution is 9.10. The van der Waals surface area contributed by atoms with Crippen LogP contribution >= 0.6 is 15.9 Å². The first kappa shape index (κ1) is 14.1. The number of aliphatic hydroxyl groups excluding tert-OH is 1. The van der Waals surface area contributed by atoms with Crippen molar-refractivity contribution in [3.05, 3.63) is 45.7 Å². The van der Waals surface area contributed by atoms with Gasteiger partial charge in [-0.3, -0.25) is 4.68 Å². The highest BCUT2D eigenvalue weighted by Gasteiger charge is 2.17. The minimum absolute atomic E-state index is 0.507. The molecule has 2 aromatic rings. The predicted octanol–water partition coefficient (Wildman–Crippen LogP) is 2.60. The van der Waals surface area contributed by atoms with Crippen molar-refractivity contribution in [2.45, 2.75) is 25.9 Å². The monoisotopic (exact) mass is 323 g/mol. The van der Waals surface area contributed by atoms with Crippen molar-refractivity contribution in [1.82, 2.24) is 9.78 Å². The summed E-state index contributed by atoms with van der Waals surface area (Å²) in [5, 5.41) is 14.7. The topological polar surface area (TPSA) is 64.1 Å². The van der Waals surface area contributed by atoms with Crippen molar-refractivity contribution in [3.63, 3.8) is 0 Å². The molecule has 1 unspecified atom stereocenters. The zero-order valence-corrected chi connectivity index (χ0v) is 12.7. The molecule has 19 heavy (non-hydrogen) atoms. The maximum atomic E-state index is 10.3. The van der Waals surface area contributed by atoms with E-state index in [1.165, 1.54) is 0 Å². The van der Waals surface area contributed by atoms with Crippen molar-refractivity contribution >= 4 is 21.6 Å². The highest BCUT2D eigenvalue weighted by Crippen LogP contribution is 2.27. The third-order valence-corrected chi connectivity index (χ3v) is 4.10. The molecule has 1 heterocycles. The van der Waals surface area contributed by atoms with Crippen molar-refractivity contribution < 1.29 is 5.11 Å². The average Bonchev–Trinajstić information content (AvgIpc) is 2.66. The summed E-state index contributed by atoms with van der Waals surface area (Å²) in [7, 11) is 1.89. The largest absolute Gasteiger partial charge is 0.399 e. The Morgan fingerprint density at radius 3 is 2.79 bits per heavy atom. The third-order valence-electron chi connectivity index (χ3n) is 3.19. The molecule has 0 fully saturated rings. The zero-order valence-electron chi connectivity index (χ0n) is 11.1. The average molecular weight is 324 g/mol. The Morgan fingerprint density at radius 1 is 1.47 bits per heavy atom. The summed E-state index contributed by atoms with van der Waals surface area (Å²) in [4.78, 5) is 0. The molecule has 0 saturated heterocycles. The van der Waals surface area contributed by atoms with Gasteiger partial charge < -0.3 is 10.8 Å². The molecule has 102 valence electrons. The van der Waals surface area contributed by atoms with Gasteiger partial charge in [0.25, 0.3) is 0 Å². The number of aryl methyl sites for hydroxylation is 2. The number of nitrogens with two attached hydrogens (primary N) is 1. The van der Waals surface area contributed by atoms with E-state index >= 15 is 0 Å². The Hall–Kier alpha value is -1.33. The Balaban J connectivity index is 2.24. The van der Waals surface area contributed by atoms with Crippen LogP contribution in [-0.4, -0.2) is 14.9 Å². The molecule has 0 aliphatic rings. The van der Waals surface area contributed by atoms with E-state index in [0.29, 0.717) is 12.1 Å². The predicted molar refractivity (Wildman–Crippen MR) is 79.8 cm³/mol. The summed E-state index contributed by atoms with van der Waals surface area (Å²) in [6.07, 6.45) is 0.788. The highest BCUT2D eigenvalue weighted by atomic mass is 79.9. The lowest BCUT2D eigenvalue weighted by Gasteiger charge is -2.12. The number of anilines is 1. The molecule has 2 rings (SSSR count). The van der Waals surface area contributed by atoms with Gasteiger partial charge in [0, 0.05) is 19.2 Å². The van der Waals surface area contributed by atoms with Gasteiger partial charge in [0.05, 0.1) is 22.0 Å². The number of halogens is 1. The molecule has 1 atom stereocenters. The van der Waals surface area contributed by atoms with Crippen molar-refractivity contribution in [2.24, 2.45) is 7.05 Å². The van der Waals surface area contributed by atoms with Gasteiger partial charge in [-0.2, -0.15) is 5.10 Å². The van der Waals surface area contributed by atoms with Gasteiger partial charge in [0.2, 0.25) is 0 Å². The minimum atomic E-state index is -0.583. The van der Waals surface area contributed by atoms with E-state index in [0.717, 1.165) is 27.8 Å². The van der Waals surface area contributed by atoms with Gasteiger partial charge in [-0.1, -0.05) is 19.1 Å². The van der Waals surface area contributed by atoms with Crippen molar-refractivity contribution in [1.29, 1.82) is 0 Å². The Kier molecular flexibility index (Phi) is 4.27. The third kappa shape index (κ3) is 2.98. The van der Waals surface area contributed by atoms with Gasteiger partial charge in [0.1, 0.15) is 0 Å². The molecular weight excluding hydrogens is 306 g/mol. The van der Waals surface area contributed by atoms with E-state index in [-0.39, 0.29) is 0 Å². The number of aliphatic hydroxyl groups is 1. The van der Waals surface area contributed by atoms with Crippen molar-refractivity contribution in [3.8, 4) is 0 Å². The van der Waals surface area contributed by atoms with Crippen LogP contribution in [0.2, 0.25) is 0 Å². The molecule has 0 saturated carbocycles. The van der Waals surface area contributed by atoms with Gasteiger partial charge in [0.15, 0.2) is 0 Å². The smallest absolute Gasteiger partial charge is 0.0846 e. The SMILES string of the molecule is CCc1nn(C)c(CC(O)c2cccc(N)c2)c1Br. The first-order valence-electron chi connectivity index (χ1n) is 6.26. The van der Waals surface area contributed by atoms with Crippen LogP contribution in [0.5, 0.6) is 0 Å². The lowest BCUT2D eigenvalue weighted by molar-refractivity contribution is 0.175. The first-order chi connectivity index (χ1) is 9.02. The van der Waals surface area contributed by atoms with Crippen LogP contribution < -0.4 is 5.73 Å². The first-order valence-corrected chi connectivity index (χ1v) is 7.06. The molecule has 0 aliphatic heterocycles. The fourth-order valence-corrected chi connectivity index (χ4v) is 2.89. The van der Waals surface area contributed by atoms with Crippen LogP contribution in [0, 0.1) is 0 Å². The number of rotatable bonds is 4. The molecule has 0 aliphatic carbocycles. The molecule has 0 radical (unpaired) electrons. The van der Waals surface area contributed by atoms with Crippen LogP contribution in [0.15, 0.2) is 28.7 Å². The molecule has 0 amide bonds. The standard InChI is InChI=1S/C14H18BrN3O/c1-3-11-14(15)12(18(2)17-11)8-13(19)9-5-4-6-10(16)7-9/h4-7,13,19H,3,8,16H2,1-2H3. The summed E-state index contributed by atoms with van der Waals surface area (Å²) in [6.45, 7) is 2.06. The van der Waals surface area contributed by atoms with Crippen LogP contribution in [-0.2, 0) is 19.9 Å². The summed E-state index contributed by atoms with van der Waals surface area (Å²) in [5.41, 5.74) is 9.23. The Bertz CT molecular complexity index is 580. The Morgan fingerprint density at radius 2 is 2.21 bits per heavy atom. The molecule has 1 aromatic heterocycles. The second kappa shape index (κ2) is 5.75. The van der Waals surface area contributed by atoms with Crippen LogP contribution in [0.4, 0.5) is 5.69 Å². The fraction of sp³-hybridized carbons (Fsp3) is 0.357. The van der Waals surface area contributed by atoms with Gasteiger partial charge in [-0.25, -0.2) is 0 Å². The lowest BCUT2D eigenvalue weighted by Crippen LogP contribution is -2.07. The Labute approximate surface area is 121 Å². The lowest BCUT2D eigenvalue weighted by atomic mass is 10.0. The molecule has 3 N–H and O–H groups in total. The molecule has 0 spiro atoms. The maximum absolute atomic E-state index is 10.3. The summed E-state index contributed by atoms with van der Waals surface area (Å²) < 4.78 is 2.80. The number of nitrogens with zero attached hydrogens (tertiary/aromatic N) is 2. The van der Waals surface area contributed by atoms with E-state index in [2.05, 4.69) is 28.0 Å². The van der Waals surface area contributed by atoms with Gasteiger partial charge >= 0.3 is 0 Å². The number of benzene rings is 1. The van der Waals surface area contributed by atoms with Crippen LogP contribution in [0.3, 0.4) is 0 Å². The minimum Gasteiger partial charge on any atom is -0.399 e. The molecular formula is C14H18BrN3O.